The first-order chi connectivity index (χ1) is 16.5. The van der Waals surface area contributed by atoms with E-state index in [4.69, 9.17) is 16.3 Å². The van der Waals surface area contributed by atoms with Crippen molar-refractivity contribution in [1.29, 1.82) is 0 Å². The normalized spacial score (nSPS) is 11.0. The number of nitrogens with one attached hydrogen (secondary N) is 2. The minimum atomic E-state index is -0.391. The number of amides is 1. The summed E-state index contributed by atoms with van der Waals surface area (Å²) in [6.07, 6.45) is 1.44. The second-order valence-electron chi connectivity index (χ2n) is 7.39. The quantitative estimate of drug-likeness (QED) is 0.389. The Morgan fingerprint density at radius 2 is 1.88 bits per heavy atom. The van der Waals surface area contributed by atoms with Gasteiger partial charge in [0.05, 0.1) is 17.6 Å². The molecular formula is C23H18ClN7O3. The number of aryl methyl sites for hydroxylation is 1. The Kier molecular flexibility index (Phi) is 5.56. The van der Waals surface area contributed by atoms with Gasteiger partial charge in [0.1, 0.15) is 17.0 Å². The van der Waals surface area contributed by atoms with Gasteiger partial charge >= 0.3 is 0 Å². The van der Waals surface area contributed by atoms with Crippen molar-refractivity contribution < 1.29 is 9.53 Å². The Bertz CT molecular complexity index is 1540. The van der Waals surface area contributed by atoms with E-state index in [0.717, 1.165) is 0 Å². The van der Waals surface area contributed by atoms with Crippen molar-refractivity contribution in [3.63, 3.8) is 0 Å². The van der Waals surface area contributed by atoms with E-state index in [0.29, 0.717) is 39.0 Å². The molecule has 2 aromatic carbocycles. The molecule has 170 valence electrons. The number of hydrogen-bond acceptors (Lipinski definition) is 6. The summed E-state index contributed by atoms with van der Waals surface area (Å²) in [4.78, 5) is 32.5. The number of carbonyl (C=O) groups is 1. The minimum Gasteiger partial charge on any atom is -0.484 e. The van der Waals surface area contributed by atoms with Gasteiger partial charge in [-0.05, 0) is 43.3 Å². The number of carbonyl (C=O) groups excluding carboxylic acids is 1. The van der Waals surface area contributed by atoms with Crippen LogP contribution in [0.5, 0.6) is 5.75 Å². The predicted molar refractivity (Wildman–Crippen MR) is 127 cm³/mol. The van der Waals surface area contributed by atoms with Crippen LogP contribution in [0.2, 0.25) is 5.02 Å². The van der Waals surface area contributed by atoms with Crippen LogP contribution in [0.3, 0.4) is 0 Å². The summed E-state index contributed by atoms with van der Waals surface area (Å²) >= 11 is 5.98. The van der Waals surface area contributed by atoms with Gasteiger partial charge in [-0.15, -0.1) is 0 Å². The van der Waals surface area contributed by atoms with E-state index >= 15 is 0 Å². The highest BCUT2D eigenvalue weighted by Crippen LogP contribution is 2.19. The largest absolute Gasteiger partial charge is 0.484 e. The number of aromatic nitrogens is 6. The summed E-state index contributed by atoms with van der Waals surface area (Å²) in [7, 11) is 0. The molecule has 0 aliphatic heterocycles. The molecule has 0 aliphatic carbocycles. The Morgan fingerprint density at radius 1 is 1.12 bits per heavy atom. The van der Waals surface area contributed by atoms with E-state index in [-0.39, 0.29) is 18.5 Å². The van der Waals surface area contributed by atoms with E-state index in [2.05, 4.69) is 25.5 Å². The van der Waals surface area contributed by atoms with Crippen LogP contribution in [0.1, 0.15) is 5.69 Å². The number of hydrogen-bond donors (Lipinski definition) is 2. The van der Waals surface area contributed by atoms with E-state index in [1.807, 2.05) is 18.2 Å². The van der Waals surface area contributed by atoms with Gasteiger partial charge in [0.15, 0.2) is 12.3 Å². The number of para-hydroxylation sites is 1. The van der Waals surface area contributed by atoms with Crippen molar-refractivity contribution >= 4 is 34.4 Å². The lowest BCUT2D eigenvalue weighted by Crippen LogP contribution is -2.23. The van der Waals surface area contributed by atoms with Crippen molar-refractivity contribution in [1.82, 2.24) is 29.5 Å². The molecule has 0 fully saturated rings. The van der Waals surface area contributed by atoms with Gasteiger partial charge in [0.2, 0.25) is 5.95 Å². The summed E-state index contributed by atoms with van der Waals surface area (Å²) in [5.41, 5.74) is 1.25. The van der Waals surface area contributed by atoms with Crippen molar-refractivity contribution in [2.45, 2.75) is 6.92 Å². The van der Waals surface area contributed by atoms with Crippen molar-refractivity contribution in [2.75, 3.05) is 11.9 Å². The molecule has 0 aliphatic rings. The fourth-order valence-corrected chi connectivity index (χ4v) is 3.50. The third-order valence-electron chi connectivity index (χ3n) is 4.91. The van der Waals surface area contributed by atoms with Gasteiger partial charge < -0.3 is 10.1 Å². The maximum atomic E-state index is 12.8. The number of aromatic amines is 1. The molecule has 5 rings (SSSR count). The molecule has 0 radical (unpaired) electrons. The summed E-state index contributed by atoms with van der Waals surface area (Å²) in [6.45, 7) is 1.57. The first-order valence-electron chi connectivity index (χ1n) is 10.3. The molecule has 3 aromatic heterocycles. The topological polar surface area (TPSA) is 120 Å². The number of benzene rings is 2. The lowest BCUT2D eigenvalue weighted by atomic mass is 10.3. The Hall–Kier alpha value is -4.44. The van der Waals surface area contributed by atoms with Crippen molar-refractivity contribution in [3.8, 4) is 17.4 Å². The molecule has 1 amide bonds. The monoisotopic (exact) mass is 475 g/mol. The first-order valence-corrected chi connectivity index (χ1v) is 10.6. The second kappa shape index (κ2) is 8.83. The molecule has 11 heteroatoms. The molecule has 0 bridgehead atoms. The Labute approximate surface area is 197 Å². The molecule has 0 unspecified atom stereocenters. The van der Waals surface area contributed by atoms with Crippen molar-refractivity contribution in [2.24, 2.45) is 0 Å². The fourth-order valence-electron chi connectivity index (χ4n) is 3.37. The average Bonchev–Trinajstić information content (AvgIpc) is 3.42. The van der Waals surface area contributed by atoms with Crippen LogP contribution in [-0.4, -0.2) is 42.0 Å². The van der Waals surface area contributed by atoms with Crippen LogP contribution in [0.15, 0.2) is 71.7 Å². The van der Waals surface area contributed by atoms with Gasteiger partial charge in [-0.25, -0.2) is 4.68 Å². The van der Waals surface area contributed by atoms with Gasteiger partial charge in [0, 0.05) is 11.1 Å². The fraction of sp³-hybridized carbons (Fsp3) is 0.0870. The molecule has 34 heavy (non-hydrogen) atoms. The van der Waals surface area contributed by atoms with Crippen LogP contribution in [-0.2, 0) is 4.79 Å². The average molecular weight is 476 g/mol. The third-order valence-corrected chi connectivity index (χ3v) is 5.16. The molecule has 2 N–H and O–H groups in total. The highest BCUT2D eigenvalue weighted by atomic mass is 35.5. The Balaban J connectivity index is 1.47. The molecule has 5 aromatic rings. The molecule has 3 heterocycles. The zero-order valence-corrected chi connectivity index (χ0v) is 18.7. The maximum absolute atomic E-state index is 12.8. The number of fused-ring (bicyclic) bond motifs is 1. The van der Waals surface area contributed by atoms with Gasteiger partial charge in [-0.2, -0.15) is 19.9 Å². The van der Waals surface area contributed by atoms with Crippen molar-refractivity contribution in [3.05, 3.63) is 87.9 Å². The molecule has 0 atom stereocenters. The third kappa shape index (κ3) is 4.26. The van der Waals surface area contributed by atoms with Crippen LogP contribution in [0.4, 0.5) is 5.82 Å². The lowest BCUT2D eigenvalue weighted by molar-refractivity contribution is -0.118. The number of nitrogens with zero attached hydrogens (tertiary/aromatic N) is 5. The highest BCUT2D eigenvalue weighted by molar-refractivity contribution is 6.30. The standard InChI is InChI=1S/C23H18ClN7O3/c1-14-11-19(26-20(32)13-34-17-5-3-2-4-6-17)31(29-14)23-27-21-18(22(33)28-23)12-25-30(21)16-9-7-15(24)8-10-16/h2-12H,13H2,1H3,(H,26,32)(H,27,28,33). The molecule has 0 saturated carbocycles. The number of ether oxygens (including phenoxy) is 1. The summed E-state index contributed by atoms with van der Waals surface area (Å²) in [5.74, 6) is 0.647. The number of anilines is 1. The highest BCUT2D eigenvalue weighted by Gasteiger charge is 2.17. The summed E-state index contributed by atoms with van der Waals surface area (Å²) in [6, 6.07) is 17.7. The molecule has 10 nitrogen and oxygen atoms in total. The lowest BCUT2D eigenvalue weighted by Gasteiger charge is -2.10. The SMILES string of the molecule is Cc1cc(NC(=O)COc2ccccc2)n(-c2nc3c(cnn3-c3ccc(Cl)cc3)c(=O)[nH]2)n1. The summed E-state index contributed by atoms with van der Waals surface area (Å²) < 4.78 is 8.39. The smallest absolute Gasteiger partial charge is 0.263 e. The van der Waals surface area contributed by atoms with E-state index < -0.39 is 5.56 Å². The predicted octanol–water partition coefficient (Wildman–Crippen LogP) is 3.27. The van der Waals surface area contributed by atoms with Crippen LogP contribution in [0.25, 0.3) is 22.7 Å². The van der Waals surface area contributed by atoms with Gasteiger partial charge in [0.25, 0.3) is 11.5 Å². The van der Waals surface area contributed by atoms with E-state index in [1.165, 1.54) is 15.6 Å². The molecular weight excluding hydrogens is 458 g/mol. The van der Waals surface area contributed by atoms with Crippen LogP contribution in [0, 0.1) is 6.92 Å². The number of H-pyrrole nitrogens is 1. The van der Waals surface area contributed by atoms with Crippen LogP contribution < -0.4 is 15.6 Å². The maximum Gasteiger partial charge on any atom is 0.263 e. The number of halogens is 1. The van der Waals surface area contributed by atoms with Gasteiger partial charge in [-0.3, -0.25) is 14.6 Å². The van der Waals surface area contributed by atoms with Crippen LogP contribution >= 0.6 is 11.6 Å². The number of rotatable bonds is 6. The first kappa shape index (κ1) is 21.4. The zero-order valence-electron chi connectivity index (χ0n) is 17.9. The minimum absolute atomic E-state index is 0.126. The van der Waals surface area contributed by atoms with E-state index in [1.54, 1.807) is 49.4 Å². The second-order valence-corrected chi connectivity index (χ2v) is 7.83. The van der Waals surface area contributed by atoms with Gasteiger partial charge in [-0.1, -0.05) is 29.8 Å². The Morgan fingerprint density at radius 3 is 2.65 bits per heavy atom. The molecule has 0 saturated heterocycles. The molecule has 0 spiro atoms. The summed E-state index contributed by atoms with van der Waals surface area (Å²) in [5, 5.41) is 12.3. The zero-order chi connectivity index (χ0) is 23.7. The van der Waals surface area contributed by atoms with E-state index in [9.17, 15) is 9.59 Å².